The number of nitrogens with zero attached hydrogens (tertiary/aromatic N) is 1. The first-order valence-electron chi connectivity index (χ1n) is 8.11. The van der Waals surface area contributed by atoms with E-state index in [2.05, 4.69) is 5.32 Å². The molecule has 7 nitrogen and oxygen atoms in total. The van der Waals surface area contributed by atoms with Crippen molar-refractivity contribution >= 4 is 27.5 Å². The van der Waals surface area contributed by atoms with Crippen molar-refractivity contribution in [2.24, 2.45) is 5.73 Å². The minimum absolute atomic E-state index is 0.0675. The molecule has 0 heterocycles. The van der Waals surface area contributed by atoms with E-state index in [1.54, 1.807) is 26.0 Å². The summed E-state index contributed by atoms with van der Waals surface area (Å²) in [6.45, 7) is 4.21. The van der Waals surface area contributed by atoms with E-state index >= 15 is 0 Å². The van der Waals surface area contributed by atoms with Crippen molar-refractivity contribution in [2.75, 3.05) is 18.4 Å². The Hall–Kier alpha value is -2.71. The van der Waals surface area contributed by atoms with E-state index in [-0.39, 0.29) is 10.5 Å². The molecule has 0 saturated carbocycles. The van der Waals surface area contributed by atoms with Gasteiger partial charge in [-0.3, -0.25) is 9.59 Å². The summed E-state index contributed by atoms with van der Waals surface area (Å²) in [5, 5.41) is 2.66. The van der Waals surface area contributed by atoms with Crippen molar-refractivity contribution in [3.8, 4) is 0 Å². The lowest BCUT2D eigenvalue weighted by Crippen LogP contribution is -2.30. The fourth-order valence-electron chi connectivity index (χ4n) is 2.43. The van der Waals surface area contributed by atoms with Gasteiger partial charge >= 0.3 is 0 Å². The van der Waals surface area contributed by atoms with Crippen LogP contribution in [-0.2, 0) is 10.0 Å². The van der Waals surface area contributed by atoms with Gasteiger partial charge in [-0.05, 0) is 42.5 Å². The number of rotatable bonds is 7. The number of nitrogens with one attached hydrogen (secondary N) is 1. The van der Waals surface area contributed by atoms with Gasteiger partial charge in [0.2, 0.25) is 15.9 Å². The molecule has 2 amide bonds. The van der Waals surface area contributed by atoms with Gasteiger partial charge in [0.1, 0.15) is 0 Å². The fourth-order valence-corrected chi connectivity index (χ4v) is 3.94. The molecule has 2 aromatic rings. The highest BCUT2D eigenvalue weighted by atomic mass is 32.2. The topological polar surface area (TPSA) is 110 Å². The molecule has 0 atom stereocenters. The predicted octanol–water partition coefficient (Wildman–Crippen LogP) is 2.07. The lowest BCUT2D eigenvalue weighted by molar-refractivity contribution is 0.0998. The summed E-state index contributed by atoms with van der Waals surface area (Å²) in [5.74, 6) is -1.01. The average molecular weight is 375 g/mol. The highest BCUT2D eigenvalue weighted by molar-refractivity contribution is 7.89. The van der Waals surface area contributed by atoms with Gasteiger partial charge in [-0.2, -0.15) is 4.31 Å². The normalized spacial score (nSPS) is 11.3. The molecule has 138 valence electrons. The van der Waals surface area contributed by atoms with E-state index in [4.69, 9.17) is 5.73 Å². The van der Waals surface area contributed by atoms with Crippen LogP contribution in [0.2, 0.25) is 0 Å². The Balaban J connectivity index is 2.24. The molecule has 2 rings (SSSR count). The SMILES string of the molecule is CCN(CC)S(=O)(=O)c1cccc(C(=O)Nc2ccc(C(N)=O)cc2)c1. The summed E-state index contributed by atoms with van der Waals surface area (Å²) in [7, 11) is -3.64. The van der Waals surface area contributed by atoms with E-state index in [9.17, 15) is 18.0 Å². The summed E-state index contributed by atoms with van der Waals surface area (Å²) >= 11 is 0. The highest BCUT2D eigenvalue weighted by Crippen LogP contribution is 2.18. The molecule has 0 aromatic heterocycles. The van der Waals surface area contributed by atoms with Gasteiger partial charge in [0.25, 0.3) is 5.91 Å². The van der Waals surface area contributed by atoms with Gasteiger partial charge in [-0.1, -0.05) is 19.9 Å². The quantitative estimate of drug-likeness (QED) is 0.772. The largest absolute Gasteiger partial charge is 0.366 e. The second-order valence-corrected chi connectivity index (χ2v) is 7.45. The van der Waals surface area contributed by atoms with Crippen LogP contribution in [0.3, 0.4) is 0 Å². The standard InChI is InChI=1S/C18H21N3O4S/c1-3-21(4-2)26(24,25)16-7-5-6-14(12-16)18(23)20-15-10-8-13(9-11-15)17(19)22/h5-12H,3-4H2,1-2H3,(H2,19,22)(H,20,23). The molecule has 0 unspecified atom stereocenters. The van der Waals surface area contributed by atoms with Crippen LogP contribution in [0.5, 0.6) is 0 Å². The first-order valence-corrected chi connectivity index (χ1v) is 9.55. The lowest BCUT2D eigenvalue weighted by Gasteiger charge is -2.18. The Kier molecular flexibility index (Phi) is 6.12. The number of nitrogens with two attached hydrogens (primary N) is 1. The number of carbonyl (C=O) groups excluding carboxylic acids is 2. The van der Waals surface area contributed by atoms with Gasteiger partial charge < -0.3 is 11.1 Å². The molecule has 3 N–H and O–H groups in total. The molecule has 0 aliphatic rings. The van der Waals surface area contributed by atoms with Crippen LogP contribution in [0, 0.1) is 0 Å². The fraction of sp³-hybridized carbons (Fsp3) is 0.222. The van der Waals surface area contributed by atoms with Crippen molar-refractivity contribution in [3.05, 3.63) is 59.7 Å². The summed E-state index contributed by atoms with van der Waals surface area (Å²) in [4.78, 5) is 23.5. The molecule has 0 saturated heterocycles. The number of benzene rings is 2. The van der Waals surface area contributed by atoms with Crippen LogP contribution in [0.25, 0.3) is 0 Å². The molecular formula is C18H21N3O4S. The summed E-state index contributed by atoms with van der Waals surface area (Å²) in [6.07, 6.45) is 0. The highest BCUT2D eigenvalue weighted by Gasteiger charge is 2.22. The van der Waals surface area contributed by atoms with Gasteiger partial charge in [-0.15, -0.1) is 0 Å². The molecule has 26 heavy (non-hydrogen) atoms. The van der Waals surface area contributed by atoms with Gasteiger partial charge in [0.05, 0.1) is 4.90 Å². The van der Waals surface area contributed by atoms with Gasteiger partial charge in [0, 0.05) is 29.9 Å². The number of amides is 2. The van der Waals surface area contributed by atoms with Crippen molar-refractivity contribution in [1.82, 2.24) is 4.31 Å². The van der Waals surface area contributed by atoms with Crippen LogP contribution in [-0.4, -0.2) is 37.6 Å². The van der Waals surface area contributed by atoms with Crippen molar-refractivity contribution in [1.29, 1.82) is 0 Å². The number of sulfonamides is 1. The number of hydrogen-bond donors (Lipinski definition) is 2. The van der Waals surface area contributed by atoms with Gasteiger partial charge in [0.15, 0.2) is 0 Å². The average Bonchev–Trinajstić information content (AvgIpc) is 2.63. The van der Waals surface area contributed by atoms with Crippen LogP contribution in [0.1, 0.15) is 34.6 Å². The third-order valence-corrected chi connectivity index (χ3v) is 5.91. The number of anilines is 1. The predicted molar refractivity (Wildman–Crippen MR) is 99.5 cm³/mol. The summed E-state index contributed by atoms with van der Waals surface area (Å²) in [6, 6.07) is 12.0. The Morgan fingerprint density at radius 2 is 1.62 bits per heavy atom. The Morgan fingerprint density at radius 1 is 1.00 bits per heavy atom. The first-order chi connectivity index (χ1) is 12.3. The maximum absolute atomic E-state index is 12.6. The van der Waals surface area contributed by atoms with Crippen LogP contribution >= 0.6 is 0 Å². The van der Waals surface area contributed by atoms with E-state index < -0.39 is 21.8 Å². The second-order valence-electron chi connectivity index (χ2n) is 5.51. The number of primary amides is 1. The van der Waals surface area contributed by atoms with Crippen molar-refractivity contribution < 1.29 is 18.0 Å². The summed E-state index contributed by atoms with van der Waals surface area (Å²) < 4.78 is 26.5. The number of carbonyl (C=O) groups is 2. The minimum atomic E-state index is -3.64. The lowest BCUT2D eigenvalue weighted by atomic mass is 10.2. The smallest absolute Gasteiger partial charge is 0.255 e. The van der Waals surface area contributed by atoms with E-state index in [1.165, 1.54) is 40.7 Å². The minimum Gasteiger partial charge on any atom is -0.366 e. The monoisotopic (exact) mass is 375 g/mol. The van der Waals surface area contributed by atoms with Crippen molar-refractivity contribution in [3.63, 3.8) is 0 Å². The number of hydrogen-bond acceptors (Lipinski definition) is 4. The maximum Gasteiger partial charge on any atom is 0.255 e. The van der Waals surface area contributed by atoms with Crippen LogP contribution in [0.15, 0.2) is 53.4 Å². The van der Waals surface area contributed by atoms with Crippen molar-refractivity contribution in [2.45, 2.75) is 18.7 Å². The molecule has 0 aliphatic carbocycles. The molecule has 0 bridgehead atoms. The Labute approximate surface area is 152 Å². The van der Waals surface area contributed by atoms with Crippen LogP contribution in [0.4, 0.5) is 5.69 Å². The summed E-state index contributed by atoms with van der Waals surface area (Å²) in [5.41, 5.74) is 6.19. The zero-order chi connectivity index (χ0) is 19.3. The molecule has 0 radical (unpaired) electrons. The molecule has 0 spiro atoms. The van der Waals surface area contributed by atoms with E-state index in [0.717, 1.165) is 0 Å². The zero-order valence-corrected chi connectivity index (χ0v) is 15.4. The molecule has 2 aromatic carbocycles. The first kappa shape index (κ1) is 19.6. The van der Waals surface area contributed by atoms with E-state index in [0.29, 0.717) is 24.3 Å². The van der Waals surface area contributed by atoms with Gasteiger partial charge in [-0.25, -0.2) is 8.42 Å². The Morgan fingerprint density at radius 3 is 2.15 bits per heavy atom. The van der Waals surface area contributed by atoms with E-state index in [1.807, 2.05) is 0 Å². The third kappa shape index (κ3) is 4.27. The second kappa shape index (κ2) is 8.11. The molecule has 8 heteroatoms. The third-order valence-electron chi connectivity index (χ3n) is 3.87. The Bertz CT molecular complexity index is 904. The molecule has 0 aliphatic heterocycles. The van der Waals surface area contributed by atoms with Crippen LogP contribution < -0.4 is 11.1 Å². The maximum atomic E-state index is 12.6. The molecule has 0 fully saturated rings. The molecular weight excluding hydrogens is 354 g/mol. The zero-order valence-electron chi connectivity index (χ0n) is 14.6.